The largest absolute Gasteiger partial charge is 1.00 e. The maximum atomic E-state index is 10.4. The zero-order valence-electron chi connectivity index (χ0n) is 9.55. The number of hydrogen-bond donors (Lipinski definition) is 0. The topological polar surface area (TPSA) is 75.4 Å². The van der Waals surface area contributed by atoms with Gasteiger partial charge in [0.1, 0.15) is 12.6 Å². The molecule has 0 aliphatic carbocycles. The average Bonchev–Trinajstić information content (AvgIpc) is 2.75. The predicted octanol–water partition coefficient (Wildman–Crippen LogP) is -1.73. The molecule has 0 N–H and O–H groups in total. The summed E-state index contributed by atoms with van der Waals surface area (Å²) in [5.41, 5.74) is 0.843. The van der Waals surface area contributed by atoms with E-state index < -0.39 is 5.97 Å². The van der Waals surface area contributed by atoms with E-state index in [0.717, 1.165) is 11.6 Å². The molecule has 0 bridgehead atoms. The van der Waals surface area contributed by atoms with Crippen LogP contribution >= 0.6 is 11.6 Å². The smallest absolute Gasteiger partial charge is 0.541 e. The molecule has 1 aromatic carbocycles. The van der Waals surface area contributed by atoms with Gasteiger partial charge in [-0.05, 0) is 22.9 Å². The Kier molecular flexibility index (Phi) is 5.68. The predicted molar refractivity (Wildman–Crippen MR) is 56.6 cm³/mol. The van der Waals surface area contributed by atoms with Gasteiger partial charge < -0.3 is 19.2 Å². The first-order valence-corrected chi connectivity index (χ1v) is 5.08. The van der Waals surface area contributed by atoms with Crippen LogP contribution in [0, 0.1) is 0 Å². The molecule has 2 rings (SSSR count). The van der Waals surface area contributed by atoms with Crippen molar-refractivity contribution in [2.24, 2.45) is 0 Å². The maximum Gasteiger partial charge on any atom is 1.00 e. The molecule has 0 amide bonds. The summed E-state index contributed by atoms with van der Waals surface area (Å²) in [6.45, 7) is 0.222. The van der Waals surface area contributed by atoms with E-state index in [0.29, 0.717) is 5.02 Å². The van der Waals surface area contributed by atoms with Gasteiger partial charge >= 0.3 is 29.6 Å². The van der Waals surface area contributed by atoms with E-state index in [9.17, 15) is 9.90 Å². The standard InChI is InChI=1S/C11H8ClNO4.Na/c12-8-3-1-2-7(4-8)6-16-10-5-9(11(14)15)17-13-10;/h1-5H,6H2,(H,14,15);/q;+1/p-1. The first-order chi connectivity index (χ1) is 8.15. The quantitative estimate of drug-likeness (QED) is 0.620. The van der Waals surface area contributed by atoms with E-state index in [1.54, 1.807) is 18.2 Å². The second-order valence-corrected chi connectivity index (χ2v) is 3.67. The summed E-state index contributed by atoms with van der Waals surface area (Å²) in [5.74, 6) is -1.72. The molecular weight excluding hydrogens is 269 g/mol. The Balaban J connectivity index is 0.00000162. The molecular formula is C11H7ClNNaO4. The Morgan fingerprint density at radius 1 is 1.44 bits per heavy atom. The van der Waals surface area contributed by atoms with Crippen LogP contribution in [0.3, 0.4) is 0 Å². The molecule has 0 saturated heterocycles. The van der Waals surface area contributed by atoms with E-state index in [-0.39, 0.29) is 47.8 Å². The fourth-order valence-corrected chi connectivity index (χ4v) is 1.42. The molecule has 18 heavy (non-hydrogen) atoms. The van der Waals surface area contributed by atoms with Gasteiger partial charge in [0, 0.05) is 5.02 Å². The van der Waals surface area contributed by atoms with Crippen LogP contribution in [0.1, 0.15) is 16.1 Å². The number of aromatic nitrogens is 1. The van der Waals surface area contributed by atoms with Crippen molar-refractivity contribution in [2.75, 3.05) is 0 Å². The third-order valence-electron chi connectivity index (χ3n) is 1.97. The van der Waals surface area contributed by atoms with Crippen LogP contribution in [0.5, 0.6) is 5.88 Å². The number of carbonyl (C=O) groups excluding carboxylic acids is 1. The summed E-state index contributed by atoms with van der Waals surface area (Å²) in [7, 11) is 0. The Labute approximate surface area is 130 Å². The van der Waals surface area contributed by atoms with Crippen LogP contribution in [-0.4, -0.2) is 11.1 Å². The first kappa shape index (κ1) is 15.0. The molecule has 2 aromatic rings. The second kappa shape index (κ2) is 6.80. The van der Waals surface area contributed by atoms with Crippen molar-refractivity contribution in [1.29, 1.82) is 0 Å². The number of aromatic carboxylic acids is 1. The monoisotopic (exact) mass is 275 g/mol. The van der Waals surface area contributed by atoms with Gasteiger partial charge in [0.25, 0.3) is 5.88 Å². The molecule has 1 heterocycles. The molecule has 0 radical (unpaired) electrons. The van der Waals surface area contributed by atoms with E-state index in [2.05, 4.69) is 9.68 Å². The molecule has 0 saturated carbocycles. The van der Waals surface area contributed by atoms with Crippen molar-refractivity contribution in [3.8, 4) is 5.88 Å². The normalized spacial score (nSPS) is 9.61. The minimum absolute atomic E-state index is 0. The third-order valence-corrected chi connectivity index (χ3v) is 2.20. The fourth-order valence-electron chi connectivity index (χ4n) is 1.21. The zero-order chi connectivity index (χ0) is 12.3. The molecule has 5 nitrogen and oxygen atoms in total. The van der Waals surface area contributed by atoms with Crippen LogP contribution in [-0.2, 0) is 6.61 Å². The van der Waals surface area contributed by atoms with E-state index >= 15 is 0 Å². The molecule has 0 unspecified atom stereocenters. The van der Waals surface area contributed by atoms with Crippen LogP contribution < -0.4 is 39.4 Å². The molecule has 0 aliphatic rings. The van der Waals surface area contributed by atoms with Crippen molar-refractivity contribution in [1.82, 2.24) is 5.16 Å². The van der Waals surface area contributed by atoms with Gasteiger partial charge in [0.2, 0.25) is 0 Å². The molecule has 0 fully saturated rings. The number of carbonyl (C=O) groups is 1. The van der Waals surface area contributed by atoms with Gasteiger partial charge in [-0.3, -0.25) is 0 Å². The van der Waals surface area contributed by atoms with Crippen molar-refractivity contribution >= 4 is 17.6 Å². The summed E-state index contributed by atoms with van der Waals surface area (Å²) in [6.07, 6.45) is 0. The van der Waals surface area contributed by atoms with Gasteiger partial charge in [0.05, 0.1) is 6.07 Å². The van der Waals surface area contributed by atoms with Crippen molar-refractivity contribution in [3.05, 3.63) is 46.7 Å². The van der Waals surface area contributed by atoms with E-state index in [1.807, 2.05) is 6.07 Å². The van der Waals surface area contributed by atoms with E-state index in [1.165, 1.54) is 0 Å². The Hall–Kier alpha value is -1.01. The second-order valence-electron chi connectivity index (χ2n) is 3.24. The fraction of sp³-hybridized carbons (Fsp3) is 0.0909. The number of carboxylic acid groups (broad SMARTS) is 1. The molecule has 0 spiro atoms. The van der Waals surface area contributed by atoms with E-state index in [4.69, 9.17) is 16.3 Å². The van der Waals surface area contributed by atoms with Crippen LogP contribution in [0.4, 0.5) is 0 Å². The number of benzene rings is 1. The maximum absolute atomic E-state index is 10.4. The van der Waals surface area contributed by atoms with Crippen LogP contribution in [0.25, 0.3) is 0 Å². The number of nitrogens with zero attached hydrogens (tertiary/aromatic N) is 1. The molecule has 1 aromatic heterocycles. The van der Waals surface area contributed by atoms with Crippen LogP contribution in [0.2, 0.25) is 5.02 Å². The first-order valence-electron chi connectivity index (χ1n) is 4.70. The van der Waals surface area contributed by atoms with Gasteiger partial charge in [-0.25, -0.2) is 0 Å². The number of rotatable bonds is 4. The summed E-state index contributed by atoms with van der Waals surface area (Å²) < 4.78 is 9.70. The van der Waals surface area contributed by atoms with Gasteiger partial charge in [-0.2, -0.15) is 0 Å². The summed E-state index contributed by atoms with van der Waals surface area (Å²) in [4.78, 5) is 10.4. The molecule has 88 valence electrons. The number of ether oxygens (including phenoxy) is 1. The Bertz CT molecular complexity index is 543. The third kappa shape index (κ3) is 4.03. The minimum Gasteiger partial charge on any atom is -0.541 e. The Morgan fingerprint density at radius 2 is 2.22 bits per heavy atom. The van der Waals surface area contributed by atoms with Crippen LogP contribution in [0.15, 0.2) is 34.9 Å². The number of hydrogen-bond acceptors (Lipinski definition) is 5. The molecule has 7 heteroatoms. The SMILES string of the molecule is O=C([O-])c1cc(OCc2cccc(Cl)c2)no1.[Na+]. The number of halogens is 1. The molecule has 0 aliphatic heterocycles. The molecule has 0 atom stereocenters. The van der Waals surface area contributed by atoms with Crippen molar-refractivity contribution in [2.45, 2.75) is 6.61 Å². The minimum atomic E-state index is -1.44. The number of carboxylic acids is 1. The van der Waals surface area contributed by atoms with Crippen molar-refractivity contribution in [3.63, 3.8) is 0 Å². The van der Waals surface area contributed by atoms with Gasteiger partial charge in [0.15, 0.2) is 5.76 Å². The van der Waals surface area contributed by atoms with Gasteiger partial charge in [-0.15, -0.1) is 0 Å². The summed E-state index contributed by atoms with van der Waals surface area (Å²) in [5, 5.41) is 14.4. The Morgan fingerprint density at radius 3 is 2.83 bits per heavy atom. The van der Waals surface area contributed by atoms with Gasteiger partial charge in [-0.1, -0.05) is 23.7 Å². The zero-order valence-corrected chi connectivity index (χ0v) is 12.3. The average molecular weight is 276 g/mol. The summed E-state index contributed by atoms with van der Waals surface area (Å²) in [6, 6.07) is 8.25. The van der Waals surface area contributed by atoms with Crippen molar-refractivity contribution < 1.29 is 48.7 Å². The summed E-state index contributed by atoms with van der Waals surface area (Å²) >= 11 is 5.80.